The van der Waals surface area contributed by atoms with Crippen LogP contribution in [0.25, 0.3) is 5.82 Å². The molecule has 0 unspecified atom stereocenters. The van der Waals surface area contributed by atoms with E-state index in [1.54, 1.807) is 10.7 Å². The highest BCUT2D eigenvalue weighted by molar-refractivity contribution is 6.31. The van der Waals surface area contributed by atoms with Crippen LogP contribution in [-0.2, 0) is 0 Å². The Morgan fingerprint density at radius 1 is 1.33 bits per heavy atom. The van der Waals surface area contributed by atoms with E-state index in [-0.39, 0.29) is 5.84 Å². The summed E-state index contributed by atoms with van der Waals surface area (Å²) in [6.45, 7) is 5.56. The fourth-order valence-electron chi connectivity index (χ4n) is 1.74. The number of nitrogens with zero attached hydrogens (tertiary/aromatic N) is 3. The van der Waals surface area contributed by atoms with Crippen LogP contribution in [0.4, 0.5) is 0 Å². The number of pyridine rings is 1. The lowest BCUT2D eigenvalue weighted by Gasteiger charge is -2.09. The number of amidine groups is 1. The molecule has 0 saturated heterocycles. The average Bonchev–Trinajstić information content (AvgIpc) is 2.56. The summed E-state index contributed by atoms with van der Waals surface area (Å²) in [7, 11) is 0. The highest BCUT2D eigenvalue weighted by Crippen LogP contribution is 2.23. The van der Waals surface area contributed by atoms with Crippen molar-refractivity contribution in [3.05, 3.63) is 39.8 Å². The number of rotatable bonds is 2. The number of aryl methyl sites for hydroxylation is 2. The second-order valence-electron chi connectivity index (χ2n) is 4.13. The molecule has 2 rings (SSSR count). The molecular formula is C12H14ClN5. The molecule has 5 nitrogen and oxygen atoms in total. The van der Waals surface area contributed by atoms with Crippen LogP contribution in [0.3, 0.4) is 0 Å². The lowest BCUT2D eigenvalue weighted by Crippen LogP contribution is -2.17. The third kappa shape index (κ3) is 1.97. The van der Waals surface area contributed by atoms with E-state index in [1.807, 2.05) is 26.8 Å². The van der Waals surface area contributed by atoms with E-state index in [2.05, 4.69) is 10.1 Å². The fourth-order valence-corrected chi connectivity index (χ4v) is 1.86. The molecule has 2 heterocycles. The van der Waals surface area contributed by atoms with E-state index < -0.39 is 0 Å². The van der Waals surface area contributed by atoms with E-state index in [0.717, 1.165) is 17.1 Å². The third-order valence-corrected chi connectivity index (χ3v) is 3.26. The molecule has 0 bridgehead atoms. The average molecular weight is 264 g/mol. The molecule has 0 fully saturated rings. The van der Waals surface area contributed by atoms with Crippen molar-refractivity contribution in [1.82, 2.24) is 14.8 Å². The van der Waals surface area contributed by atoms with Crippen LogP contribution in [0.5, 0.6) is 0 Å². The van der Waals surface area contributed by atoms with Crippen LogP contribution in [0.2, 0.25) is 5.02 Å². The predicted molar refractivity (Wildman–Crippen MR) is 71.6 cm³/mol. The Morgan fingerprint density at radius 3 is 2.50 bits per heavy atom. The Bertz CT molecular complexity index is 630. The van der Waals surface area contributed by atoms with Gasteiger partial charge in [-0.3, -0.25) is 5.41 Å². The molecule has 0 amide bonds. The van der Waals surface area contributed by atoms with Crippen LogP contribution in [-0.4, -0.2) is 20.6 Å². The Labute approximate surface area is 110 Å². The zero-order valence-electron chi connectivity index (χ0n) is 10.5. The molecule has 2 aromatic rings. The maximum Gasteiger partial charge on any atom is 0.164 e. The summed E-state index contributed by atoms with van der Waals surface area (Å²) in [5.74, 6) is 0.496. The molecule has 0 atom stereocenters. The smallest absolute Gasteiger partial charge is 0.164 e. The van der Waals surface area contributed by atoms with Gasteiger partial charge in [-0.25, -0.2) is 9.67 Å². The Kier molecular flexibility index (Phi) is 3.09. The van der Waals surface area contributed by atoms with E-state index >= 15 is 0 Å². The minimum atomic E-state index is -0.0406. The molecule has 0 aromatic carbocycles. The van der Waals surface area contributed by atoms with Gasteiger partial charge in [-0.15, -0.1) is 0 Å². The van der Waals surface area contributed by atoms with Crippen LogP contribution >= 0.6 is 11.6 Å². The Morgan fingerprint density at radius 2 is 2.00 bits per heavy atom. The first kappa shape index (κ1) is 12.6. The molecule has 0 aliphatic rings. The second kappa shape index (κ2) is 4.42. The van der Waals surface area contributed by atoms with Gasteiger partial charge >= 0.3 is 0 Å². The summed E-state index contributed by atoms with van der Waals surface area (Å²) in [5, 5.41) is 12.5. The van der Waals surface area contributed by atoms with Crippen LogP contribution in [0.1, 0.15) is 22.6 Å². The zero-order valence-corrected chi connectivity index (χ0v) is 11.2. The van der Waals surface area contributed by atoms with Crippen molar-refractivity contribution in [3.8, 4) is 5.82 Å². The molecule has 0 spiro atoms. The number of nitrogen functional groups attached to an aromatic ring is 1. The van der Waals surface area contributed by atoms with Gasteiger partial charge in [0.25, 0.3) is 0 Å². The molecule has 3 N–H and O–H groups in total. The van der Waals surface area contributed by atoms with Gasteiger partial charge in [-0.05, 0) is 32.9 Å². The molecule has 2 aromatic heterocycles. The van der Waals surface area contributed by atoms with Gasteiger partial charge in [0.1, 0.15) is 5.84 Å². The number of halogens is 1. The second-order valence-corrected chi connectivity index (χ2v) is 4.51. The monoisotopic (exact) mass is 263 g/mol. The minimum Gasteiger partial charge on any atom is -0.384 e. The van der Waals surface area contributed by atoms with Crippen molar-refractivity contribution in [2.24, 2.45) is 5.73 Å². The van der Waals surface area contributed by atoms with Gasteiger partial charge in [0.2, 0.25) is 0 Å². The van der Waals surface area contributed by atoms with E-state index in [4.69, 9.17) is 22.7 Å². The molecule has 6 heteroatoms. The third-order valence-electron chi connectivity index (χ3n) is 2.71. The molecule has 18 heavy (non-hydrogen) atoms. The first-order chi connectivity index (χ1) is 8.41. The molecule has 0 radical (unpaired) electrons. The molecule has 0 aliphatic carbocycles. The van der Waals surface area contributed by atoms with Crippen molar-refractivity contribution in [1.29, 1.82) is 5.41 Å². The maximum atomic E-state index is 7.59. The normalized spacial score (nSPS) is 10.7. The van der Waals surface area contributed by atoms with Gasteiger partial charge in [0.15, 0.2) is 5.82 Å². The van der Waals surface area contributed by atoms with Crippen molar-refractivity contribution in [2.45, 2.75) is 20.8 Å². The summed E-state index contributed by atoms with van der Waals surface area (Å²) < 4.78 is 1.63. The summed E-state index contributed by atoms with van der Waals surface area (Å²) in [6.07, 6.45) is 0. The van der Waals surface area contributed by atoms with Crippen LogP contribution in [0.15, 0.2) is 12.1 Å². The van der Waals surface area contributed by atoms with Crippen LogP contribution in [0, 0.1) is 26.2 Å². The summed E-state index contributed by atoms with van der Waals surface area (Å²) in [6, 6.07) is 3.58. The number of aromatic nitrogens is 3. The van der Waals surface area contributed by atoms with Crippen molar-refractivity contribution in [3.63, 3.8) is 0 Å². The fraction of sp³-hybridized carbons (Fsp3) is 0.250. The topological polar surface area (TPSA) is 80.6 Å². The largest absolute Gasteiger partial charge is 0.384 e. The lowest BCUT2D eigenvalue weighted by atomic mass is 10.2. The standard InChI is InChI=1S/C12H14ClN5/c1-6-4-5-9(11(14)15)12(16-6)18-8(3)10(13)7(2)17-18/h4-5H,1-3H3,(H3,14,15). The van der Waals surface area contributed by atoms with Crippen molar-refractivity contribution in [2.75, 3.05) is 0 Å². The first-order valence-electron chi connectivity index (χ1n) is 5.46. The Hall–Kier alpha value is -1.88. The minimum absolute atomic E-state index is 0.0406. The molecule has 0 saturated carbocycles. The van der Waals surface area contributed by atoms with E-state index in [0.29, 0.717) is 16.4 Å². The zero-order chi connectivity index (χ0) is 13.4. The van der Waals surface area contributed by atoms with Gasteiger partial charge in [-0.2, -0.15) is 5.10 Å². The number of hydrogen-bond donors (Lipinski definition) is 2. The summed E-state index contributed by atoms with van der Waals surface area (Å²) in [4.78, 5) is 4.40. The number of nitrogens with two attached hydrogens (primary N) is 1. The van der Waals surface area contributed by atoms with Gasteiger partial charge in [0.05, 0.1) is 22.0 Å². The van der Waals surface area contributed by atoms with Crippen LogP contribution < -0.4 is 5.73 Å². The highest BCUT2D eigenvalue weighted by atomic mass is 35.5. The quantitative estimate of drug-likeness (QED) is 0.643. The number of hydrogen-bond acceptors (Lipinski definition) is 3. The SMILES string of the molecule is Cc1ccc(C(=N)N)c(-n2nc(C)c(Cl)c2C)n1. The Balaban J connectivity index is 2.73. The lowest BCUT2D eigenvalue weighted by molar-refractivity contribution is 0.799. The summed E-state index contributed by atoms with van der Waals surface area (Å²) >= 11 is 6.12. The maximum absolute atomic E-state index is 7.59. The van der Waals surface area contributed by atoms with Gasteiger partial charge in [-0.1, -0.05) is 11.6 Å². The molecule has 0 aliphatic heterocycles. The highest BCUT2D eigenvalue weighted by Gasteiger charge is 2.16. The molecule has 94 valence electrons. The van der Waals surface area contributed by atoms with E-state index in [1.165, 1.54) is 0 Å². The number of nitrogens with one attached hydrogen (secondary N) is 1. The van der Waals surface area contributed by atoms with E-state index in [9.17, 15) is 0 Å². The summed E-state index contributed by atoms with van der Waals surface area (Å²) in [5.41, 5.74) is 8.46. The van der Waals surface area contributed by atoms with Crippen molar-refractivity contribution >= 4 is 17.4 Å². The first-order valence-corrected chi connectivity index (χ1v) is 5.83. The predicted octanol–water partition coefficient (Wildman–Crippen LogP) is 2.13. The van der Waals surface area contributed by atoms with Gasteiger partial charge < -0.3 is 5.73 Å². The van der Waals surface area contributed by atoms with Gasteiger partial charge in [0, 0.05) is 5.69 Å². The molecular weight excluding hydrogens is 250 g/mol. The van der Waals surface area contributed by atoms with Crippen molar-refractivity contribution < 1.29 is 0 Å².